The number of rotatable bonds is 5. The molecular formula is C53H33N3OS. The average Bonchev–Trinajstić information content (AvgIpc) is 3.87. The Balaban J connectivity index is 1.06. The SMILES string of the molecule is C1=CC2C=CC(c3ccc4ccc(-c5nc(-c6ccccc6)nc(-c6cc(-c7cccc8c7sc7ccccc78)cc7oc8ccccc8c67)n5)cc4c3)=CC2C=C1. The molecule has 2 aliphatic rings. The van der Waals surface area contributed by atoms with Gasteiger partial charge in [-0.25, -0.2) is 15.0 Å². The number of hydrogen-bond acceptors (Lipinski definition) is 5. The lowest BCUT2D eigenvalue weighted by Gasteiger charge is -2.23. The van der Waals surface area contributed by atoms with Crippen LogP contribution in [0.5, 0.6) is 0 Å². The molecule has 0 bridgehead atoms. The van der Waals surface area contributed by atoms with Gasteiger partial charge in [0.05, 0.1) is 0 Å². The summed E-state index contributed by atoms with van der Waals surface area (Å²) in [6.45, 7) is 0. The van der Waals surface area contributed by atoms with E-state index in [2.05, 4.69) is 158 Å². The van der Waals surface area contributed by atoms with E-state index in [1.54, 1.807) is 0 Å². The first kappa shape index (κ1) is 33.0. The molecule has 272 valence electrons. The number of allylic oxidation sites excluding steroid dienone is 8. The van der Waals surface area contributed by atoms with Gasteiger partial charge in [0.2, 0.25) is 0 Å². The largest absolute Gasteiger partial charge is 0.456 e. The molecule has 5 heteroatoms. The van der Waals surface area contributed by atoms with Gasteiger partial charge in [-0.1, -0.05) is 152 Å². The van der Waals surface area contributed by atoms with Crippen LogP contribution in [0, 0.1) is 11.8 Å². The van der Waals surface area contributed by atoms with Crippen LogP contribution in [-0.4, -0.2) is 15.0 Å². The van der Waals surface area contributed by atoms with Gasteiger partial charge >= 0.3 is 0 Å². The summed E-state index contributed by atoms with van der Waals surface area (Å²) >= 11 is 1.83. The summed E-state index contributed by atoms with van der Waals surface area (Å²) in [5, 5.41) is 6.83. The number of hydrogen-bond donors (Lipinski definition) is 0. The summed E-state index contributed by atoms with van der Waals surface area (Å²) in [7, 11) is 0. The lowest BCUT2D eigenvalue weighted by molar-refractivity contribution is 0.663. The van der Waals surface area contributed by atoms with Crippen LogP contribution in [0.2, 0.25) is 0 Å². The first-order valence-electron chi connectivity index (χ1n) is 19.7. The van der Waals surface area contributed by atoms with Gasteiger partial charge in [-0.3, -0.25) is 0 Å². The van der Waals surface area contributed by atoms with E-state index in [0.717, 1.165) is 55.1 Å². The fourth-order valence-electron chi connectivity index (χ4n) is 8.74. The molecule has 0 spiro atoms. The molecule has 3 aromatic heterocycles. The molecule has 0 fully saturated rings. The number of aromatic nitrogens is 3. The smallest absolute Gasteiger partial charge is 0.164 e. The van der Waals surface area contributed by atoms with Gasteiger partial charge in [-0.2, -0.15) is 0 Å². The third-order valence-corrected chi connectivity index (χ3v) is 12.8. The summed E-state index contributed by atoms with van der Waals surface area (Å²) in [6.07, 6.45) is 15.8. The van der Waals surface area contributed by atoms with E-state index < -0.39 is 0 Å². The number of fused-ring (bicyclic) bond motifs is 8. The first-order valence-corrected chi connectivity index (χ1v) is 20.5. The molecule has 0 aliphatic heterocycles. The maximum atomic E-state index is 6.63. The highest BCUT2D eigenvalue weighted by Gasteiger charge is 2.22. The predicted molar refractivity (Wildman–Crippen MR) is 242 cm³/mol. The summed E-state index contributed by atoms with van der Waals surface area (Å²) in [5.41, 5.74) is 9.03. The molecule has 3 heterocycles. The van der Waals surface area contributed by atoms with E-state index in [9.17, 15) is 0 Å². The van der Waals surface area contributed by atoms with Crippen LogP contribution in [-0.2, 0) is 0 Å². The second-order valence-corrected chi connectivity index (χ2v) is 16.2. The molecule has 2 aliphatic carbocycles. The third-order valence-electron chi connectivity index (χ3n) is 11.6. The van der Waals surface area contributed by atoms with E-state index in [1.165, 1.54) is 36.7 Å². The summed E-state index contributed by atoms with van der Waals surface area (Å²) in [5.74, 6) is 2.63. The Morgan fingerprint density at radius 1 is 0.466 bits per heavy atom. The van der Waals surface area contributed by atoms with Gasteiger partial charge in [0.25, 0.3) is 0 Å². The highest BCUT2D eigenvalue weighted by atomic mass is 32.1. The van der Waals surface area contributed by atoms with Crippen molar-refractivity contribution >= 4 is 69.8 Å². The van der Waals surface area contributed by atoms with Crippen LogP contribution < -0.4 is 0 Å². The minimum absolute atomic E-state index is 0.377. The van der Waals surface area contributed by atoms with Crippen LogP contribution in [0.1, 0.15) is 5.56 Å². The fourth-order valence-corrected chi connectivity index (χ4v) is 9.98. The van der Waals surface area contributed by atoms with E-state index in [-0.39, 0.29) is 0 Å². The number of nitrogens with zero attached hydrogens (tertiary/aromatic N) is 3. The average molecular weight is 760 g/mol. The third kappa shape index (κ3) is 5.47. The van der Waals surface area contributed by atoms with E-state index in [1.807, 2.05) is 41.7 Å². The van der Waals surface area contributed by atoms with Crippen molar-refractivity contribution in [2.75, 3.05) is 0 Å². The normalized spacial score (nSPS) is 16.2. The van der Waals surface area contributed by atoms with Gasteiger partial charge in [0.1, 0.15) is 11.2 Å². The van der Waals surface area contributed by atoms with E-state index in [4.69, 9.17) is 19.4 Å². The van der Waals surface area contributed by atoms with Crippen molar-refractivity contribution in [2.45, 2.75) is 0 Å². The predicted octanol–water partition coefficient (Wildman–Crippen LogP) is 14.3. The van der Waals surface area contributed by atoms with Gasteiger partial charge < -0.3 is 4.42 Å². The molecule has 12 rings (SSSR count). The first-order chi connectivity index (χ1) is 28.7. The number of para-hydroxylation sites is 1. The maximum absolute atomic E-state index is 6.63. The molecule has 0 saturated heterocycles. The Morgan fingerprint density at radius 2 is 1.19 bits per heavy atom. The Labute approximate surface area is 338 Å². The summed E-state index contributed by atoms with van der Waals surface area (Å²) in [6, 6.07) is 51.3. The van der Waals surface area contributed by atoms with Crippen molar-refractivity contribution in [1.29, 1.82) is 0 Å². The standard InChI is InChI=1S/C53H33N3OS/c1-2-12-34(13-3-1)51-54-52(38-26-23-33-22-25-37(28-39(33)29-38)36-24-21-32-11-4-5-14-35(32)27-36)56-53(55-51)45-30-40(31-47-49(45)44-16-6-8-19-46(44)57-47)41-17-10-18-43-42-15-7-9-20-48(42)58-50(41)43/h1-32,35H. The molecule has 0 saturated carbocycles. The van der Waals surface area contributed by atoms with Crippen molar-refractivity contribution in [3.8, 4) is 45.3 Å². The zero-order valence-corrected chi connectivity index (χ0v) is 32.0. The van der Waals surface area contributed by atoms with Crippen molar-refractivity contribution in [3.63, 3.8) is 0 Å². The Bertz CT molecular complexity index is 3420. The van der Waals surface area contributed by atoms with Gasteiger partial charge in [0, 0.05) is 59.5 Å². The quantitative estimate of drug-likeness (QED) is 0.175. The molecule has 0 amide bonds. The lowest BCUT2D eigenvalue weighted by Crippen LogP contribution is -2.11. The minimum atomic E-state index is 0.377. The second-order valence-electron chi connectivity index (χ2n) is 15.1. The topological polar surface area (TPSA) is 51.8 Å². The highest BCUT2D eigenvalue weighted by Crippen LogP contribution is 2.44. The fraction of sp³-hybridized carbons (Fsp3) is 0.0377. The lowest BCUT2D eigenvalue weighted by atomic mass is 9.81. The van der Waals surface area contributed by atoms with Crippen LogP contribution in [0.4, 0.5) is 0 Å². The Hall–Kier alpha value is -7.21. The van der Waals surface area contributed by atoms with Gasteiger partial charge in [0.15, 0.2) is 17.5 Å². The Morgan fingerprint density at radius 3 is 2.09 bits per heavy atom. The summed E-state index contributed by atoms with van der Waals surface area (Å²) < 4.78 is 9.15. The number of benzene rings is 7. The molecule has 2 atom stereocenters. The Kier molecular flexibility index (Phi) is 7.50. The molecule has 0 radical (unpaired) electrons. The minimum Gasteiger partial charge on any atom is -0.456 e. The van der Waals surface area contributed by atoms with Crippen molar-refractivity contribution in [2.24, 2.45) is 11.8 Å². The molecule has 4 nitrogen and oxygen atoms in total. The van der Waals surface area contributed by atoms with Crippen LogP contribution >= 0.6 is 11.3 Å². The van der Waals surface area contributed by atoms with E-state index in [0.29, 0.717) is 29.3 Å². The van der Waals surface area contributed by atoms with Crippen LogP contribution in [0.15, 0.2) is 193 Å². The zero-order valence-electron chi connectivity index (χ0n) is 31.2. The molecule has 7 aromatic carbocycles. The van der Waals surface area contributed by atoms with Crippen LogP contribution in [0.25, 0.3) is 104 Å². The van der Waals surface area contributed by atoms with Crippen LogP contribution in [0.3, 0.4) is 0 Å². The number of thiophene rings is 1. The molecular weight excluding hydrogens is 727 g/mol. The van der Waals surface area contributed by atoms with E-state index >= 15 is 0 Å². The molecule has 0 N–H and O–H groups in total. The monoisotopic (exact) mass is 759 g/mol. The highest BCUT2D eigenvalue weighted by molar-refractivity contribution is 7.26. The molecule has 58 heavy (non-hydrogen) atoms. The van der Waals surface area contributed by atoms with Gasteiger partial charge in [-0.15, -0.1) is 11.3 Å². The molecule has 10 aromatic rings. The number of furan rings is 1. The zero-order chi connectivity index (χ0) is 38.2. The van der Waals surface area contributed by atoms with Crippen molar-refractivity contribution < 1.29 is 4.42 Å². The van der Waals surface area contributed by atoms with Gasteiger partial charge in [-0.05, 0) is 69.4 Å². The van der Waals surface area contributed by atoms with Crippen molar-refractivity contribution in [1.82, 2.24) is 15.0 Å². The maximum Gasteiger partial charge on any atom is 0.164 e. The van der Waals surface area contributed by atoms with Crippen molar-refractivity contribution in [3.05, 3.63) is 194 Å². The molecule has 2 unspecified atom stereocenters. The summed E-state index contributed by atoms with van der Waals surface area (Å²) in [4.78, 5) is 15.7. The second kappa shape index (κ2) is 13.2.